The molecule has 0 fully saturated rings. The Hall–Kier alpha value is -2.94. The van der Waals surface area contributed by atoms with Crippen LogP contribution in [0.15, 0.2) is 30.3 Å². The zero-order chi connectivity index (χ0) is 13.7. The van der Waals surface area contributed by atoms with Gasteiger partial charge in [-0.2, -0.15) is 10.2 Å². The van der Waals surface area contributed by atoms with Crippen molar-refractivity contribution in [3.05, 3.63) is 47.3 Å². The summed E-state index contributed by atoms with van der Waals surface area (Å²) in [6.45, 7) is 1.74. The number of carbonyl (C=O) groups excluding carboxylic acids is 1. The van der Waals surface area contributed by atoms with Crippen LogP contribution in [0.1, 0.15) is 17.0 Å². The van der Waals surface area contributed by atoms with E-state index in [0.29, 0.717) is 11.4 Å². The van der Waals surface area contributed by atoms with Gasteiger partial charge in [0.1, 0.15) is 5.82 Å². The highest BCUT2D eigenvalue weighted by molar-refractivity contribution is 6.00. The van der Waals surface area contributed by atoms with E-state index in [0.717, 1.165) is 5.56 Å². The van der Waals surface area contributed by atoms with Crippen molar-refractivity contribution >= 4 is 17.9 Å². The topological polar surface area (TPSA) is 94.5 Å². The molecular formula is C13H11N5O. The van der Waals surface area contributed by atoms with Crippen molar-refractivity contribution in [3.8, 4) is 6.07 Å². The number of amides is 1. The van der Waals surface area contributed by atoms with E-state index in [9.17, 15) is 4.79 Å². The maximum atomic E-state index is 11.6. The molecule has 6 heteroatoms. The van der Waals surface area contributed by atoms with Crippen molar-refractivity contribution in [2.24, 2.45) is 0 Å². The lowest BCUT2D eigenvalue weighted by molar-refractivity contribution is -0.111. The standard InChI is InChI=1S/C13H11N5O/c1-9-15-13(18-17-9)16-12(19)6-5-10-3-2-4-11(7-10)8-14/h2-7H,1H3,(H2,15,16,17,18,19)/b6-5+. The lowest BCUT2D eigenvalue weighted by Gasteiger charge is -1.95. The molecule has 2 rings (SSSR count). The number of benzene rings is 1. The van der Waals surface area contributed by atoms with Gasteiger partial charge in [0.15, 0.2) is 0 Å². The molecule has 0 saturated carbocycles. The van der Waals surface area contributed by atoms with E-state index >= 15 is 0 Å². The van der Waals surface area contributed by atoms with Crippen molar-refractivity contribution in [1.29, 1.82) is 5.26 Å². The predicted octanol–water partition coefficient (Wildman–Crippen LogP) is 1.64. The first-order chi connectivity index (χ1) is 9.17. The average Bonchev–Trinajstić information content (AvgIpc) is 2.82. The summed E-state index contributed by atoms with van der Waals surface area (Å²) in [5.74, 6) is 0.528. The van der Waals surface area contributed by atoms with Crippen molar-refractivity contribution in [2.75, 3.05) is 5.32 Å². The molecule has 0 aliphatic carbocycles. The summed E-state index contributed by atoms with van der Waals surface area (Å²) < 4.78 is 0. The Bertz CT molecular complexity index is 666. The van der Waals surface area contributed by atoms with Gasteiger partial charge < -0.3 is 0 Å². The first kappa shape index (κ1) is 12.5. The van der Waals surface area contributed by atoms with Crippen molar-refractivity contribution < 1.29 is 4.79 Å². The first-order valence-corrected chi connectivity index (χ1v) is 5.55. The van der Waals surface area contributed by atoms with E-state index in [1.54, 1.807) is 31.2 Å². The van der Waals surface area contributed by atoms with E-state index < -0.39 is 0 Å². The minimum Gasteiger partial charge on any atom is -0.290 e. The fourth-order valence-electron chi connectivity index (χ4n) is 1.43. The number of carbonyl (C=O) groups is 1. The molecule has 1 aromatic heterocycles. The summed E-state index contributed by atoms with van der Waals surface area (Å²) >= 11 is 0. The third-order valence-corrected chi connectivity index (χ3v) is 2.28. The van der Waals surface area contributed by atoms with E-state index in [2.05, 4.69) is 20.5 Å². The van der Waals surface area contributed by atoms with Crippen LogP contribution in [0, 0.1) is 18.3 Å². The normalized spacial score (nSPS) is 10.3. The van der Waals surface area contributed by atoms with Gasteiger partial charge in [0.05, 0.1) is 11.6 Å². The van der Waals surface area contributed by atoms with E-state index in [1.807, 2.05) is 12.1 Å². The molecule has 2 N–H and O–H groups in total. The molecule has 0 spiro atoms. The number of aromatic amines is 1. The quantitative estimate of drug-likeness (QED) is 0.813. The largest absolute Gasteiger partial charge is 0.290 e. The molecule has 0 aliphatic heterocycles. The number of nitrogens with zero attached hydrogens (tertiary/aromatic N) is 3. The van der Waals surface area contributed by atoms with E-state index in [4.69, 9.17) is 5.26 Å². The molecule has 1 amide bonds. The second-order valence-electron chi connectivity index (χ2n) is 3.80. The van der Waals surface area contributed by atoms with Gasteiger partial charge >= 0.3 is 0 Å². The monoisotopic (exact) mass is 253 g/mol. The summed E-state index contributed by atoms with van der Waals surface area (Å²) in [6.07, 6.45) is 2.98. The Kier molecular flexibility index (Phi) is 3.69. The summed E-state index contributed by atoms with van der Waals surface area (Å²) in [4.78, 5) is 15.6. The minimum absolute atomic E-state index is 0.234. The Morgan fingerprint density at radius 1 is 1.53 bits per heavy atom. The number of nitriles is 1. The molecule has 6 nitrogen and oxygen atoms in total. The second kappa shape index (κ2) is 5.60. The van der Waals surface area contributed by atoms with Crippen LogP contribution >= 0.6 is 0 Å². The molecule has 1 heterocycles. The fourth-order valence-corrected chi connectivity index (χ4v) is 1.43. The fraction of sp³-hybridized carbons (Fsp3) is 0.0769. The van der Waals surface area contributed by atoms with E-state index in [1.165, 1.54) is 6.08 Å². The maximum Gasteiger partial charge on any atom is 0.250 e. The molecular weight excluding hydrogens is 242 g/mol. The molecule has 0 atom stereocenters. The van der Waals surface area contributed by atoms with Crippen LogP contribution in [0.4, 0.5) is 5.95 Å². The number of H-pyrrole nitrogens is 1. The number of hydrogen-bond donors (Lipinski definition) is 2. The lowest BCUT2D eigenvalue weighted by Crippen LogP contribution is -2.09. The zero-order valence-corrected chi connectivity index (χ0v) is 10.2. The highest BCUT2D eigenvalue weighted by Gasteiger charge is 2.02. The minimum atomic E-state index is -0.332. The predicted molar refractivity (Wildman–Crippen MR) is 69.9 cm³/mol. The second-order valence-corrected chi connectivity index (χ2v) is 3.80. The zero-order valence-electron chi connectivity index (χ0n) is 10.2. The van der Waals surface area contributed by atoms with Crippen molar-refractivity contribution in [2.45, 2.75) is 6.92 Å². The van der Waals surface area contributed by atoms with Crippen LogP contribution in [0.2, 0.25) is 0 Å². The molecule has 0 bridgehead atoms. The molecule has 0 unspecified atom stereocenters. The third kappa shape index (κ3) is 3.51. The van der Waals surface area contributed by atoms with Crippen LogP contribution in [-0.4, -0.2) is 21.1 Å². The Morgan fingerprint density at radius 3 is 3.05 bits per heavy atom. The Labute approximate surface area is 109 Å². The van der Waals surface area contributed by atoms with Crippen LogP contribution in [-0.2, 0) is 4.79 Å². The molecule has 0 saturated heterocycles. The van der Waals surface area contributed by atoms with Gasteiger partial charge in [0.25, 0.3) is 5.91 Å². The van der Waals surface area contributed by atoms with Crippen LogP contribution < -0.4 is 5.32 Å². The summed E-state index contributed by atoms with van der Waals surface area (Å²) in [6, 6.07) is 9.00. The van der Waals surface area contributed by atoms with Crippen molar-refractivity contribution in [3.63, 3.8) is 0 Å². The SMILES string of the molecule is Cc1nc(NC(=O)/C=C/c2cccc(C#N)c2)n[nH]1. The first-order valence-electron chi connectivity index (χ1n) is 5.55. The molecule has 19 heavy (non-hydrogen) atoms. The molecule has 2 aromatic rings. The number of hydrogen-bond acceptors (Lipinski definition) is 4. The van der Waals surface area contributed by atoms with Crippen LogP contribution in [0.5, 0.6) is 0 Å². The summed E-state index contributed by atoms with van der Waals surface area (Å²) in [5.41, 5.74) is 1.33. The number of rotatable bonds is 3. The van der Waals surface area contributed by atoms with Gasteiger partial charge in [0, 0.05) is 6.08 Å². The molecule has 1 aromatic carbocycles. The Morgan fingerprint density at radius 2 is 2.37 bits per heavy atom. The highest BCUT2D eigenvalue weighted by Crippen LogP contribution is 2.06. The van der Waals surface area contributed by atoms with Gasteiger partial charge in [-0.15, -0.1) is 5.10 Å². The van der Waals surface area contributed by atoms with Gasteiger partial charge in [0.2, 0.25) is 5.95 Å². The number of aryl methyl sites for hydroxylation is 1. The van der Waals surface area contributed by atoms with Gasteiger partial charge in [-0.05, 0) is 30.7 Å². The number of aromatic nitrogens is 3. The smallest absolute Gasteiger partial charge is 0.250 e. The van der Waals surface area contributed by atoms with Crippen LogP contribution in [0.3, 0.4) is 0 Å². The lowest BCUT2D eigenvalue weighted by atomic mass is 10.1. The van der Waals surface area contributed by atoms with Gasteiger partial charge in [-0.3, -0.25) is 15.2 Å². The third-order valence-electron chi connectivity index (χ3n) is 2.28. The summed E-state index contributed by atoms with van der Waals surface area (Å²) in [7, 11) is 0. The van der Waals surface area contributed by atoms with Gasteiger partial charge in [-0.25, -0.2) is 0 Å². The maximum absolute atomic E-state index is 11.6. The van der Waals surface area contributed by atoms with Crippen molar-refractivity contribution in [1.82, 2.24) is 15.2 Å². The molecule has 0 aliphatic rings. The molecule has 0 radical (unpaired) electrons. The van der Waals surface area contributed by atoms with E-state index in [-0.39, 0.29) is 11.9 Å². The summed E-state index contributed by atoms with van der Waals surface area (Å²) in [5, 5.41) is 17.7. The highest BCUT2D eigenvalue weighted by atomic mass is 16.1. The number of anilines is 1. The van der Waals surface area contributed by atoms with Gasteiger partial charge in [-0.1, -0.05) is 12.1 Å². The average molecular weight is 253 g/mol. The Balaban J connectivity index is 2.02. The van der Waals surface area contributed by atoms with Crippen LogP contribution in [0.25, 0.3) is 6.08 Å². The molecule has 94 valence electrons. The number of nitrogens with one attached hydrogen (secondary N) is 2.